The molecule has 0 unspecified atom stereocenters. The summed E-state index contributed by atoms with van der Waals surface area (Å²) < 4.78 is 5.74. The number of nitrogens with two attached hydrogens (primary N) is 1. The lowest BCUT2D eigenvalue weighted by Gasteiger charge is -2.21. The van der Waals surface area contributed by atoms with Crippen LogP contribution in [0.3, 0.4) is 0 Å². The number of methoxy groups -OCH3 is 1. The summed E-state index contributed by atoms with van der Waals surface area (Å²) in [6, 6.07) is 7.63. The number of anilines is 2. The Hall–Kier alpha value is -2.90. The van der Waals surface area contributed by atoms with Crippen LogP contribution in [0.1, 0.15) is 23.0 Å². The molecule has 2 rings (SSSR count). The molecule has 1 heterocycles. The number of carbonyl (C=O) groups excluding carboxylic acids is 2. The Balaban J connectivity index is 2.20. The number of benzene rings is 1. The van der Waals surface area contributed by atoms with Gasteiger partial charge < -0.3 is 15.4 Å². The number of aromatic nitrogens is 3. The predicted molar refractivity (Wildman–Crippen MR) is 85.0 cm³/mol. The standard InChI is InChI=1S/C15H19N5O3/c1-4-19(11-7-5-6-10(2)8-11)12(21)9-20-14(16)13(17-18-20)15(22)23-3/h5-8H,4,9,16H2,1-3H3. The molecule has 1 aromatic carbocycles. The molecule has 0 fully saturated rings. The first-order chi connectivity index (χ1) is 11.0. The van der Waals surface area contributed by atoms with E-state index in [1.165, 1.54) is 11.8 Å². The average molecular weight is 317 g/mol. The summed E-state index contributed by atoms with van der Waals surface area (Å²) in [4.78, 5) is 25.6. The minimum absolute atomic E-state index is 0.00509. The summed E-state index contributed by atoms with van der Waals surface area (Å²) >= 11 is 0. The molecule has 1 aromatic heterocycles. The molecule has 8 heteroatoms. The first-order valence-electron chi connectivity index (χ1n) is 7.12. The van der Waals surface area contributed by atoms with E-state index in [2.05, 4.69) is 15.0 Å². The van der Waals surface area contributed by atoms with Gasteiger partial charge in [-0.05, 0) is 31.5 Å². The molecular weight excluding hydrogens is 298 g/mol. The van der Waals surface area contributed by atoms with E-state index >= 15 is 0 Å². The van der Waals surface area contributed by atoms with Gasteiger partial charge in [0, 0.05) is 12.2 Å². The summed E-state index contributed by atoms with van der Waals surface area (Å²) in [6.07, 6.45) is 0. The predicted octanol–water partition coefficient (Wildman–Crippen LogP) is 1.01. The number of amides is 1. The summed E-state index contributed by atoms with van der Waals surface area (Å²) in [7, 11) is 1.22. The van der Waals surface area contributed by atoms with Crippen molar-refractivity contribution in [3.63, 3.8) is 0 Å². The van der Waals surface area contributed by atoms with Crippen LogP contribution in [0.5, 0.6) is 0 Å². The van der Waals surface area contributed by atoms with Gasteiger partial charge in [-0.2, -0.15) is 0 Å². The van der Waals surface area contributed by atoms with Gasteiger partial charge in [-0.15, -0.1) is 5.10 Å². The third-order valence-electron chi connectivity index (χ3n) is 3.37. The van der Waals surface area contributed by atoms with Crippen molar-refractivity contribution in [1.82, 2.24) is 15.0 Å². The Morgan fingerprint density at radius 3 is 2.74 bits per heavy atom. The zero-order valence-electron chi connectivity index (χ0n) is 13.3. The molecule has 2 aromatic rings. The molecule has 0 radical (unpaired) electrons. The molecule has 0 saturated heterocycles. The number of likely N-dealkylation sites (N-methyl/N-ethyl adjacent to an activating group) is 1. The molecule has 23 heavy (non-hydrogen) atoms. The molecule has 8 nitrogen and oxygen atoms in total. The van der Waals surface area contributed by atoms with Crippen molar-refractivity contribution < 1.29 is 14.3 Å². The highest BCUT2D eigenvalue weighted by molar-refractivity contribution is 5.94. The SMILES string of the molecule is CCN(C(=O)Cn1nnc(C(=O)OC)c1N)c1cccc(C)c1. The molecular formula is C15H19N5O3. The van der Waals surface area contributed by atoms with Crippen LogP contribution in [0.25, 0.3) is 0 Å². The van der Waals surface area contributed by atoms with Gasteiger partial charge in [0.1, 0.15) is 6.54 Å². The minimum atomic E-state index is -0.688. The normalized spacial score (nSPS) is 10.4. The van der Waals surface area contributed by atoms with Crippen LogP contribution in [-0.2, 0) is 16.1 Å². The monoisotopic (exact) mass is 317 g/mol. The Morgan fingerprint density at radius 2 is 2.13 bits per heavy atom. The van der Waals surface area contributed by atoms with E-state index in [0.29, 0.717) is 6.54 Å². The van der Waals surface area contributed by atoms with Crippen LogP contribution >= 0.6 is 0 Å². The van der Waals surface area contributed by atoms with Crippen LogP contribution < -0.4 is 10.6 Å². The van der Waals surface area contributed by atoms with Gasteiger partial charge in [-0.3, -0.25) is 4.79 Å². The number of hydrogen-bond acceptors (Lipinski definition) is 6. The second-order valence-electron chi connectivity index (χ2n) is 4.95. The summed E-state index contributed by atoms with van der Waals surface area (Å²) in [6.45, 7) is 4.23. The number of nitrogens with zero attached hydrogens (tertiary/aromatic N) is 4. The lowest BCUT2D eigenvalue weighted by Crippen LogP contribution is -2.34. The topological polar surface area (TPSA) is 103 Å². The molecule has 0 bridgehead atoms. The highest BCUT2D eigenvalue weighted by atomic mass is 16.5. The van der Waals surface area contributed by atoms with Crippen molar-refractivity contribution in [2.75, 3.05) is 24.3 Å². The molecule has 0 aliphatic rings. The molecule has 0 aliphatic heterocycles. The molecule has 0 atom stereocenters. The van der Waals surface area contributed by atoms with Crippen molar-refractivity contribution in [1.29, 1.82) is 0 Å². The fourth-order valence-electron chi connectivity index (χ4n) is 2.19. The van der Waals surface area contributed by atoms with Crippen molar-refractivity contribution >= 4 is 23.4 Å². The quantitative estimate of drug-likeness (QED) is 0.825. The maximum absolute atomic E-state index is 12.5. The summed E-state index contributed by atoms with van der Waals surface area (Å²) in [5.74, 6) is -0.885. The average Bonchev–Trinajstić information content (AvgIpc) is 2.88. The van der Waals surface area contributed by atoms with Gasteiger partial charge in [0.2, 0.25) is 11.6 Å². The van der Waals surface area contributed by atoms with Gasteiger partial charge in [0.05, 0.1) is 7.11 Å². The molecule has 122 valence electrons. The number of carbonyl (C=O) groups is 2. The zero-order chi connectivity index (χ0) is 17.0. The van der Waals surface area contributed by atoms with Crippen molar-refractivity contribution in [3.05, 3.63) is 35.5 Å². The van der Waals surface area contributed by atoms with Crippen LogP contribution in [0.4, 0.5) is 11.5 Å². The first kappa shape index (κ1) is 16.5. The Kier molecular flexibility index (Phi) is 4.95. The number of hydrogen-bond donors (Lipinski definition) is 1. The van der Waals surface area contributed by atoms with Crippen LogP contribution in [-0.4, -0.2) is 40.5 Å². The lowest BCUT2D eigenvalue weighted by atomic mass is 10.2. The van der Waals surface area contributed by atoms with Crippen LogP contribution in [0, 0.1) is 6.92 Å². The second-order valence-corrected chi connectivity index (χ2v) is 4.95. The smallest absolute Gasteiger partial charge is 0.362 e. The van der Waals surface area contributed by atoms with Gasteiger partial charge in [0.15, 0.2) is 5.82 Å². The number of aryl methyl sites for hydroxylation is 1. The summed E-state index contributed by atoms with van der Waals surface area (Å²) in [5.41, 5.74) is 7.55. The lowest BCUT2D eigenvalue weighted by molar-refractivity contribution is -0.119. The maximum atomic E-state index is 12.5. The molecule has 2 N–H and O–H groups in total. The fourth-order valence-corrected chi connectivity index (χ4v) is 2.19. The Morgan fingerprint density at radius 1 is 1.39 bits per heavy atom. The van der Waals surface area contributed by atoms with Gasteiger partial charge in [-0.1, -0.05) is 17.3 Å². The van der Waals surface area contributed by atoms with E-state index in [9.17, 15) is 9.59 Å². The van der Waals surface area contributed by atoms with Crippen molar-refractivity contribution in [3.8, 4) is 0 Å². The van der Waals surface area contributed by atoms with Crippen LogP contribution in [0.15, 0.2) is 24.3 Å². The first-order valence-corrected chi connectivity index (χ1v) is 7.12. The number of rotatable bonds is 5. The van der Waals surface area contributed by atoms with E-state index in [4.69, 9.17) is 5.73 Å². The fraction of sp³-hybridized carbons (Fsp3) is 0.333. The largest absolute Gasteiger partial charge is 0.464 e. The Bertz CT molecular complexity index is 726. The van der Waals surface area contributed by atoms with Gasteiger partial charge in [-0.25, -0.2) is 9.48 Å². The highest BCUT2D eigenvalue weighted by Gasteiger charge is 2.21. The molecule has 0 aliphatic carbocycles. The number of nitrogen functional groups attached to an aromatic ring is 1. The van der Waals surface area contributed by atoms with Gasteiger partial charge >= 0.3 is 5.97 Å². The van der Waals surface area contributed by atoms with Crippen molar-refractivity contribution in [2.24, 2.45) is 0 Å². The zero-order valence-corrected chi connectivity index (χ0v) is 13.3. The third-order valence-corrected chi connectivity index (χ3v) is 3.37. The highest BCUT2D eigenvalue weighted by Crippen LogP contribution is 2.17. The molecule has 0 saturated carbocycles. The summed E-state index contributed by atoms with van der Waals surface area (Å²) in [5, 5.41) is 7.40. The number of esters is 1. The van der Waals surface area contributed by atoms with E-state index in [0.717, 1.165) is 11.3 Å². The maximum Gasteiger partial charge on any atom is 0.362 e. The second kappa shape index (κ2) is 6.91. The number of ether oxygens (including phenoxy) is 1. The van der Waals surface area contributed by atoms with E-state index < -0.39 is 5.97 Å². The van der Waals surface area contributed by atoms with Gasteiger partial charge in [0.25, 0.3) is 0 Å². The van der Waals surface area contributed by atoms with E-state index in [1.807, 2.05) is 38.1 Å². The molecule has 0 spiro atoms. The van der Waals surface area contributed by atoms with Crippen LogP contribution in [0.2, 0.25) is 0 Å². The Labute approximate surface area is 133 Å². The minimum Gasteiger partial charge on any atom is -0.464 e. The van der Waals surface area contributed by atoms with E-state index in [-0.39, 0.29) is 24.0 Å². The third kappa shape index (κ3) is 3.47. The van der Waals surface area contributed by atoms with Crippen molar-refractivity contribution in [2.45, 2.75) is 20.4 Å². The van der Waals surface area contributed by atoms with E-state index in [1.54, 1.807) is 4.90 Å². The molecule has 1 amide bonds.